The number of phenols is 1. The van der Waals surface area contributed by atoms with E-state index >= 15 is 0 Å². The second-order valence-corrected chi connectivity index (χ2v) is 5.33. The molecule has 0 atom stereocenters. The first-order chi connectivity index (χ1) is 9.45. The molecule has 0 unspecified atom stereocenters. The molecular weight excluding hydrogens is 276 g/mol. The van der Waals surface area contributed by atoms with E-state index in [2.05, 4.69) is 6.58 Å². The number of phenolic OH excluding ortho intramolecular Hbond substituents is 1. The Bertz CT molecular complexity index is 649. The smallest absolute Gasteiger partial charge is 0.294 e. The third-order valence-corrected chi connectivity index (χ3v) is 3.26. The molecule has 106 valence electrons. The average molecular weight is 292 g/mol. The van der Waals surface area contributed by atoms with Crippen LogP contribution < -0.4 is 0 Å². The van der Waals surface area contributed by atoms with E-state index in [-0.39, 0.29) is 4.90 Å². The van der Waals surface area contributed by atoms with E-state index in [0.29, 0.717) is 5.75 Å². The Hall–Kier alpha value is -2.11. The van der Waals surface area contributed by atoms with Crippen molar-refractivity contribution in [2.45, 2.75) is 11.3 Å². The van der Waals surface area contributed by atoms with E-state index < -0.39 is 10.1 Å². The SMILES string of the molecule is C=CCc1ccccc1O.O=S(=O)(O)c1ccccc1. The second-order valence-electron chi connectivity index (χ2n) is 3.91. The lowest BCUT2D eigenvalue weighted by molar-refractivity contribution is 0.469. The van der Waals surface area contributed by atoms with E-state index in [4.69, 9.17) is 4.55 Å². The van der Waals surface area contributed by atoms with Crippen molar-refractivity contribution in [2.75, 3.05) is 0 Å². The molecule has 20 heavy (non-hydrogen) atoms. The Morgan fingerprint density at radius 3 is 2.00 bits per heavy atom. The number of para-hydroxylation sites is 1. The highest BCUT2D eigenvalue weighted by Crippen LogP contribution is 2.15. The Labute approximate surface area is 118 Å². The lowest BCUT2D eigenvalue weighted by Crippen LogP contribution is -1.96. The second kappa shape index (κ2) is 7.47. The van der Waals surface area contributed by atoms with Gasteiger partial charge in [-0.2, -0.15) is 8.42 Å². The molecule has 0 saturated heterocycles. The van der Waals surface area contributed by atoms with Gasteiger partial charge >= 0.3 is 0 Å². The summed E-state index contributed by atoms with van der Waals surface area (Å²) in [5.41, 5.74) is 0.928. The number of benzene rings is 2. The van der Waals surface area contributed by atoms with Crippen molar-refractivity contribution in [2.24, 2.45) is 0 Å². The summed E-state index contributed by atoms with van der Waals surface area (Å²) in [4.78, 5) is -0.0741. The van der Waals surface area contributed by atoms with Crippen LogP contribution >= 0.6 is 0 Å². The van der Waals surface area contributed by atoms with Crippen LogP contribution in [0.2, 0.25) is 0 Å². The molecule has 2 aromatic rings. The van der Waals surface area contributed by atoms with Crippen LogP contribution in [0.1, 0.15) is 5.56 Å². The maximum absolute atomic E-state index is 10.4. The monoisotopic (exact) mass is 292 g/mol. The predicted molar refractivity (Wildman–Crippen MR) is 78.3 cm³/mol. The van der Waals surface area contributed by atoms with Gasteiger partial charge in [-0.15, -0.1) is 6.58 Å². The highest BCUT2D eigenvalue weighted by atomic mass is 32.2. The molecule has 0 amide bonds. The highest BCUT2D eigenvalue weighted by Gasteiger charge is 2.05. The largest absolute Gasteiger partial charge is 0.508 e. The van der Waals surface area contributed by atoms with E-state index in [9.17, 15) is 13.5 Å². The lowest BCUT2D eigenvalue weighted by atomic mass is 10.1. The first kappa shape index (κ1) is 15.9. The molecule has 0 fully saturated rings. The van der Waals surface area contributed by atoms with Gasteiger partial charge in [-0.3, -0.25) is 4.55 Å². The normalized spacial score (nSPS) is 10.2. The fraction of sp³-hybridized carbons (Fsp3) is 0.0667. The summed E-state index contributed by atoms with van der Waals surface area (Å²) in [6.45, 7) is 3.59. The maximum Gasteiger partial charge on any atom is 0.294 e. The molecule has 0 aromatic heterocycles. The standard InChI is InChI=1S/C9H10O.C6H6O3S/c1-2-5-8-6-3-4-7-9(8)10;7-10(8,9)6-4-2-1-3-5-6/h2-4,6-7,10H,1,5H2;1-5H,(H,7,8,9). The van der Waals surface area contributed by atoms with Gasteiger partial charge in [-0.25, -0.2) is 0 Å². The fourth-order valence-electron chi connectivity index (χ4n) is 1.43. The number of allylic oxidation sites excluding steroid dienone is 1. The van der Waals surface area contributed by atoms with E-state index in [1.165, 1.54) is 12.1 Å². The summed E-state index contributed by atoms with van der Waals surface area (Å²) < 4.78 is 29.2. The molecule has 0 heterocycles. The molecule has 0 aliphatic heterocycles. The first-order valence-corrected chi connectivity index (χ1v) is 7.29. The molecule has 0 bridgehead atoms. The minimum Gasteiger partial charge on any atom is -0.508 e. The van der Waals surface area contributed by atoms with E-state index in [0.717, 1.165) is 12.0 Å². The minimum absolute atomic E-state index is 0.0741. The zero-order chi connectivity index (χ0) is 15.0. The highest BCUT2D eigenvalue weighted by molar-refractivity contribution is 7.85. The molecule has 5 heteroatoms. The third-order valence-electron chi connectivity index (χ3n) is 2.40. The lowest BCUT2D eigenvalue weighted by Gasteiger charge is -1.97. The van der Waals surface area contributed by atoms with E-state index in [1.54, 1.807) is 30.3 Å². The van der Waals surface area contributed by atoms with Crippen molar-refractivity contribution < 1.29 is 18.1 Å². The Kier molecular flexibility index (Phi) is 5.96. The van der Waals surface area contributed by atoms with Crippen molar-refractivity contribution in [1.29, 1.82) is 0 Å². The number of hydrogen-bond acceptors (Lipinski definition) is 3. The van der Waals surface area contributed by atoms with Crippen molar-refractivity contribution in [3.8, 4) is 5.75 Å². The van der Waals surface area contributed by atoms with Crippen LogP contribution in [0.3, 0.4) is 0 Å². The summed E-state index contributed by atoms with van der Waals surface area (Å²) in [5, 5.41) is 9.19. The summed E-state index contributed by atoms with van der Waals surface area (Å²) in [6, 6.07) is 14.7. The predicted octanol–water partition coefficient (Wildman–Crippen LogP) is 3.05. The van der Waals surface area contributed by atoms with Crippen LogP contribution in [-0.4, -0.2) is 18.1 Å². The number of rotatable bonds is 3. The van der Waals surface area contributed by atoms with Gasteiger partial charge < -0.3 is 5.11 Å². The molecular formula is C15H16O4S. The molecule has 0 radical (unpaired) electrons. The minimum atomic E-state index is -4.00. The first-order valence-electron chi connectivity index (χ1n) is 5.85. The van der Waals surface area contributed by atoms with Gasteiger partial charge in [0.2, 0.25) is 0 Å². The molecule has 2 rings (SSSR count). The Morgan fingerprint density at radius 2 is 1.55 bits per heavy atom. The van der Waals surface area contributed by atoms with Crippen LogP contribution in [0.5, 0.6) is 5.75 Å². The quantitative estimate of drug-likeness (QED) is 0.673. The molecule has 4 nitrogen and oxygen atoms in total. The summed E-state index contributed by atoms with van der Waals surface area (Å²) in [6.07, 6.45) is 2.50. The van der Waals surface area contributed by atoms with E-state index in [1.807, 2.05) is 18.2 Å². The average Bonchev–Trinajstić information content (AvgIpc) is 2.43. The summed E-state index contributed by atoms with van der Waals surface area (Å²) in [7, 11) is -4.00. The fourth-order valence-corrected chi connectivity index (χ4v) is 1.93. The van der Waals surface area contributed by atoms with Crippen molar-refractivity contribution in [3.63, 3.8) is 0 Å². The Balaban J connectivity index is 0.000000200. The molecule has 0 aliphatic rings. The van der Waals surface area contributed by atoms with Crippen LogP contribution in [0.15, 0.2) is 72.1 Å². The van der Waals surface area contributed by atoms with Gasteiger partial charge in [0, 0.05) is 0 Å². The van der Waals surface area contributed by atoms with Gasteiger partial charge in [-0.1, -0.05) is 42.5 Å². The Morgan fingerprint density at radius 1 is 1.00 bits per heavy atom. The zero-order valence-electron chi connectivity index (χ0n) is 10.8. The van der Waals surface area contributed by atoms with Gasteiger partial charge in [0.15, 0.2) is 0 Å². The van der Waals surface area contributed by atoms with Gasteiger partial charge in [0.25, 0.3) is 10.1 Å². The van der Waals surface area contributed by atoms with Gasteiger partial charge in [0.05, 0.1) is 4.90 Å². The van der Waals surface area contributed by atoms with Crippen molar-refractivity contribution >= 4 is 10.1 Å². The summed E-state index contributed by atoms with van der Waals surface area (Å²) in [5.74, 6) is 0.349. The van der Waals surface area contributed by atoms with Crippen molar-refractivity contribution in [1.82, 2.24) is 0 Å². The maximum atomic E-state index is 10.4. The topological polar surface area (TPSA) is 74.6 Å². The van der Waals surface area contributed by atoms with Gasteiger partial charge in [0.1, 0.15) is 5.75 Å². The van der Waals surface area contributed by atoms with Crippen LogP contribution in [-0.2, 0) is 16.5 Å². The van der Waals surface area contributed by atoms with Crippen LogP contribution in [0.25, 0.3) is 0 Å². The van der Waals surface area contributed by atoms with Crippen LogP contribution in [0.4, 0.5) is 0 Å². The number of aromatic hydroxyl groups is 1. The van der Waals surface area contributed by atoms with Gasteiger partial charge in [-0.05, 0) is 30.2 Å². The zero-order valence-corrected chi connectivity index (χ0v) is 11.6. The molecule has 0 saturated carbocycles. The molecule has 0 aliphatic carbocycles. The third kappa shape index (κ3) is 5.26. The molecule has 2 N–H and O–H groups in total. The van der Waals surface area contributed by atoms with Crippen molar-refractivity contribution in [3.05, 3.63) is 72.8 Å². The molecule has 0 spiro atoms. The number of hydrogen-bond donors (Lipinski definition) is 2. The molecule has 2 aromatic carbocycles. The summed E-state index contributed by atoms with van der Waals surface area (Å²) >= 11 is 0. The van der Waals surface area contributed by atoms with Crippen LogP contribution in [0, 0.1) is 0 Å².